The summed E-state index contributed by atoms with van der Waals surface area (Å²) in [4.78, 5) is 13.7. The third kappa shape index (κ3) is 2.16. The minimum absolute atomic E-state index is 0.119. The first-order valence-corrected chi connectivity index (χ1v) is 7.28. The molecule has 4 bridgehead atoms. The van der Waals surface area contributed by atoms with Gasteiger partial charge in [-0.2, -0.15) is 0 Å². The van der Waals surface area contributed by atoms with Gasteiger partial charge in [-0.15, -0.1) is 0 Å². The number of amides is 1. The van der Waals surface area contributed by atoms with E-state index >= 15 is 0 Å². The molecule has 3 N–H and O–H groups in total. The zero-order chi connectivity index (χ0) is 12.8. The smallest absolute Gasteiger partial charge is 0.237 e. The Bertz CT molecular complexity index is 307. The van der Waals surface area contributed by atoms with Gasteiger partial charge in [-0.25, -0.2) is 0 Å². The van der Waals surface area contributed by atoms with Crippen molar-refractivity contribution in [3.63, 3.8) is 0 Å². The van der Waals surface area contributed by atoms with E-state index in [9.17, 15) is 4.79 Å². The molecule has 0 aliphatic heterocycles. The lowest BCUT2D eigenvalue weighted by Crippen LogP contribution is -2.52. The number of hydrogen-bond acceptors (Lipinski definition) is 3. The molecule has 0 saturated heterocycles. The summed E-state index contributed by atoms with van der Waals surface area (Å²) in [6.07, 6.45) is 8.44. The van der Waals surface area contributed by atoms with E-state index in [4.69, 9.17) is 5.84 Å². The number of hydrazine groups is 1. The topological polar surface area (TPSA) is 58.4 Å². The minimum atomic E-state index is 0.119. The molecule has 0 aromatic rings. The Kier molecular flexibility index (Phi) is 3.10. The Balaban J connectivity index is 1.66. The first kappa shape index (κ1) is 12.4. The molecule has 0 aromatic heterocycles. The van der Waals surface area contributed by atoms with Crippen molar-refractivity contribution >= 4 is 5.91 Å². The molecule has 4 nitrogen and oxygen atoms in total. The molecule has 0 aromatic carbocycles. The molecule has 4 fully saturated rings. The summed E-state index contributed by atoms with van der Waals surface area (Å²) >= 11 is 0. The van der Waals surface area contributed by atoms with Gasteiger partial charge in [-0.3, -0.25) is 16.1 Å². The number of rotatable bonds is 4. The summed E-state index contributed by atoms with van der Waals surface area (Å²) in [5, 5.41) is 0. The first-order chi connectivity index (χ1) is 8.60. The number of nitrogens with two attached hydrogens (primary N) is 1. The van der Waals surface area contributed by atoms with E-state index in [2.05, 4.69) is 5.43 Å². The van der Waals surface area contributed by atoms with Crippen LogP contribution in [0.25, 0.3) is 0 Å². The van der Waals surface area contributed by atoms with Gasteiger partial charge >= 0.3 is 0 Å². The van der Waals surface area contributed by atoms with Gasteiger partial charge in [0.15, 0.2) is 0 Å². The second kappa shape index (κ2) is 4.49. The van der Waals surface area contributed by atoms with Crippen LogP contribution in [0.4, 0.5) is 0 Å². The van der Waals surface area contributed by atoms with Crippen LogP contribution in [0.15, 0.2) is 0 Å². The highest BCUT2D eigenvalue weighted by Crippen LogP contribution is 2.60. The van der Waals surface area contributed by atoms with E-state index in [0.717, 1.165) is 24.3 Å². The predicted molar refractivity (Wildman–Crippen MR) is 70.4 cm³/mol. The second-order valence-electron chi connectivity index (χ2n) is 7.05. The molecule has 0 spiro atoms. The largest absolute Gasteiger partial charge is 0.344 e. The maximum Gasteiger partial charge on any atom is 0.237 e. The van der Waals surface area contributed by atoms with E-state index in [1.807, 2.05) is 11.9 Å². The van der Waals surface area contributed by atoms with Crippen molar-refractivity contribution in [3.05, 3.63) is 0 Å². The van der Waals surface area contributed by atoms with Crippen molar-refractivity contribution < 1.29 is 4.79 Å². The maximum absolute atomic E-state index is 11.9. The molecule has 0 atom stereocenters. The molecule has 0 unspecified atom stereocenters. The summed E-state index contributed by atoms with van der Waals surface area (Å²) in [7, 11) is 1.93. The Morgan fingerprint density at radius 1 is 1.22 bits per heavy atom. The fraction of sp³-hybridized carbons (Fsp3) is 0.929. The van der Waals surface area contributed by atoms with Gasteiger partial charge in [-0.1, -0.05) is 0 Å². The van der Waals surface area contributed by atoms with Crippen LogP contribution in [0.2, 0.25) is 0 Å². The average molecular weight is 251 g/mol. The Morgan fingerprint density at radius 2 is 1.72 bits per heavy atom. The molecule has 1 amide bonds. The van der Waals surface area contributed by atoms with Crippen LogP contribution in [-0.4, -0.2) is 30.9 Å². The lowest BCUT2D eigenvalue weighted by atomic mass is 9.49. The lowest BCUT2D eigenvalue weighted by molar-refractivity contribution is -0.134. The maximum atomic E-state index is 11.9. The number of likely N-dealkylation sites (N-methyl/N-ethyl adjacent to an activating group) is 1. The van der Waals surface area contributed by atoms with Crippen LogP contribution in [0, 0.1) is 23.2 Å². The third-order valence-corrected chi connectivity index (χ3v) is 5.42. The fourth-order valence-electron chi connectivity index (χ4n) is 5.30. The van der Waals surface area contributed by atoms with Crippen molar-refractivity contribution in [2.45, 2.75) is 38.5 Å². The fourth-order valence-corrected chi connectivity index (χ4v) is 5.30. The second-order valence-corrected chi connectivity index (χ2v) is 7.05. The number of carbonyl (C=O) groups excluding carboxylic acids is 1. The molecule has 0 radical (unpaired) electrons. The lowest BCUT2D eigenvalue weighted by Gasteiger charge is -2.57. The molecule has 102 valence electrons. The van der Waals surface area contributed by atoms with Crippen LogP contribution < -0.4 is 11.3 Å². The van der Waals surface area contributed by atoms with Crippen molar-refractivity contribution in [2.75, 3.05) is 20.1 Å². The molecule has 4 heteroatoms. The zero-order valence-electron chi connectivity index (χ0n) is 11.3. The average Bonchev–Trinajstić information content (AvgIpc) is 2.26. The minimum Gasteiger partial charge on any atom is -0.344 e. The van der Waals surface area contributed by atoms with Crippen molar-refractivity contribution in [1.29, 1.82) is 0 Å². The molecule has 4 aliphatic carbocycles. The SMILES string of the molecule is CN(CC12CC3CC(CC(C3)C1)C2)C(=O)CNN. The predicted octanol–water partition coefficient (Wildman–Crippen LogP) is 1.12. The molecule has 4 aliphatic rings. The Morgan fingerprint density at radius 3 is 2.17 bits per heavy atom. The number of carbonyl (C=O) groups is 1. The molecular formula is C14H25N3O. The van der Waals surface area contributed by atoms with E-state index in [1.165, 1.54) is 38.5 Å². The first-order valence-electron chi connectivity index (χ1n) is 7.28. The van der Waals surface area contributed by atoms with Gasteiger partial charge in [-0.05, 0) is 61.7 Å². The highest BCUT2D eigenvalue weighted by Gasteiger charge is 2.51. The van der Waals surface area contributed by atoms with E-state index in [1.54, 1.807) is 0 Å². The van der Waals surface area contributed by atoms with E-state index < -0.39 is 0 Å². The van der Waals surface area contributed by atoms with Crippen LogP contribution in [0.1, 0.15) is 38.5 Å². The van der Waals surface area contributed by atoms with Gasteiger partial charge < -0.3 is 4.90 Å². The highest BCUT2D eigenvalue weighted by molar-refractivity contribution is 5.77. The summed E-state index contributed by atoms with van der Waals surface area (Å²) in [5.74, 6) is 8.20. The van der Waals surface area contributed by atoms with Gasteiger partial charge in [0.2, 0.25) is 5.91 Å². The van der Waals surface area contributed by atoms with Crippen molar-refractivity contribution in [1.82, 2.24) is 10.3 Å². The summed E-state index contributed by atoms with van der Waals surface area (Å²) in [6, 6.07) is 0. The summed E-state index contributed by atoms with van der Waals surface area (Å²) < 4.78 is 0. The number of nitrogens with zero attached hydrogens (tertiary/aromatic N) is 1. The Labute approximate surface area is 109 Å². The van der Waals surface area contributed by atoms with Gasteiger partial charge in [0.25, 0.3) is 0 Å². The molecular weight excluding hydrogens is 226 g/mol. The van der Waals surface area contributed by atoms with Crippen molar-refractivity contribution in [2.24, 2.45) is 29.0 Å². The van der Waals surface area contributed by atoms with Crippen LogP contribution in [0.3, 0.4) is 0 Å². The highest BCUT2D eigenvalue weighted by atomic mass is 16.2. The third-order valence-electron chi connectivity index (χ3n) is 5.42. The molecule has 4 rings (SSSR count). The number of nitrogens with one attached hydrogen (secondary N) is 1. The van der Waals surface area contributed by atoms with Crippen molar-refractivity contribution in [3.8, 4) is 0 Å². The Hall–Kier alpha value is -0.610. The van der Waals surface area contributed by atoms with Gasteiger partial charge in [0.05, 0.1) is 6.54 Å². The van der Waals surface area contributed by atoms with Gasteiger partial charge in [0, 0.05) is 13.6 Å². The quantitative estimate of drug-likeness (QED) is 0.581. The summed E-state index contributed by atoms with van der Waals surface area (Å²) in [5.41, 5.74) is 2.90. The van der Waals surface area contributed by atoms with E-state index in [0.29, 0.717) is 5.41 Å². The molecule has 18 heavy (non-hydrogen) atoms. The zero-order valence-corrected chi connectivity index (χ0v) is 11.3. The number of hydrogen-bond donors (Lipinski definition) is 2. The monoisotopic (exact) mass is 251 g/mol. The summed E-state index contributed by atoms with van der Waals surface area (Å²) in [6.45, 7) is 1.19. The van der Waals surface area contributed by atoms with Crippen LogP contribution in [0.5, 0.6) is 0 Å². The molecule has 4 saturated carbocycles. The van der Waals surface area contributed by atoms with Gasteiger partial charge in [0.1, 0.15) is 0 Å². The van der Waals surface area contributed by atoms with Crippen LogP contribution in [-0.2, 0) is 4.79 Å². The standard InChI is InChI=1S/C14H25N3O/c1-17(13(18)8-16-15)9-14-5-10-2-11(6-14)4-12(3-10)7-14/h10-12,16H,2-9,15H2,1H3. The van der Waals surface area contributed by atoms with E-state index in [-0.39, 0.29) is 12.5 Å². The van der Waals surface area contributed by atoms with Crippen LogP contribution >= 0.6 is 0 Å². The molecule has 0 heterocycles. The normalized spacial score (nSPS) is 41.1.